The van der Waals surface area contributed by atoms with E-state index in [0.717, 1.165) is 5.56 Å². The van der Waals surface area contributed by atoms with Gasteiger partial charge in [-0.15, -0.1) is 0 Å². The maximum atomic E-state index is 13.5. The number of nitriles is 1. The number of fused-ring (bicyclic) bond motifs is 1. The summed E-state index contributed by atoms with van der Waals surface area (Å²) in [6, 6.07) is 7.59. The molecule has 0 N–H and O–H groups in total. The minimum Gasteiger partial charge on any atom is -0.454 e. The molecule has 0 spiro atoms. The standard InChI is InChI=1S/C26H26N4O5S2/c1-14-10-29(11-15(2)35-14)23-18(16(3)19(9-27)24(31)28(23)4)8-22-25(32)30(26(36)37-22)12-17-5-6-20-21(7-17)34-13-33-20/h5-8,14-15H,10-13H2,1-4H3/b22-8+. The molecular weight excluding hydrogens is 512 g/mol. The highest BCUT2D eigenvalue weighted by molar-refractivity contribution is 8.26. The molecule has 3 aliphatic heterocycles. The molecule has 9 nitrogen and oxygen atoms in total. The summed E-state index contributed by atoms with van der Waals surface area (Å²) in [5, 5.41) is 9.72. The molecule has 0 aliphatic carbocycles. The SMILES string of the molecule is Cc1c(/C=C2/SC(=S)N(Cc3ccc4c(c3)OCO4)C2=O)c(N2CC(C)OC(C)C2)n(C)c(=O)c1C#N. The van der Waals surface area contributed by atoms with Gasteiger partial charge >= 0.3 is 0 Å². The molecule has 4 heterocycles. The first-order valence-corrected chi connectivity index (χ1v) is 13.1. The number of rotatable bonds is 4. The molecule has 0 bridgehead atoms. The van der Waals surface area contributed by atoms with Crippen LogP contribution >= 0.6 is 24.0 Å². The lowest BCUT2D eigenvalue weighted by molar-refractivity contribution is -0.122. The second-order valence-electron chi connectivity index (χ2n) is 9.33. The van der Waals surface area contributed by atoms with Crippen LogP contribution in [0.5, 0.6) is 11.5 Å². The number of thiocarbonyl (C=S) groups is 1. The zero-order chi connectivity index (χ0) is 26.4. The predicted molar refractivity (Wildman–Crippen MR) is 145 cm³/mol. The number of anilines is 1. The third kappa shape index (κ3) is 4.61. The minimum absolute atomic E-state index is 0.0393. The van der Waals surface area contributed by atoms with E-state index in [9.17, 15) is 14.9 Å². The van der Waals surface area contributed by atoms with Gasteiger partial charge in [0.25, 0.3) is 11.5 Å². The van der Waals surface area contributed by atoms with Crippen molar-refractivity contribution in [1.82, 2.24) is 9.47 Å². The Labute approximate surface area is 224 Å². The van der Waals surface area contributed by atoms with Crippen LogP contribution in [0.3, 0.4) is 0 Å². The number of carbonyl (C=O) groups is 1. The van der Waals surface area contributed by atoms with Crippen molar-refractivity contribution >= 4 is 46.1 Å². The molecule has 192 valence electrons. The Morgan fingerprint density at radius 2 is 1.89 bits per heavy atom. The van der Waals surface area contributed by atoms with Crippen LogP contribution in [0.15, 0.2) is 27.9 Å². The van der Waals surface area contributed by atoms with Crippen molar-refractivity contribution in [1.29, 1.82) is 5.26 Å². The monoisotopic (exact) mass is 538 g/mol. The van der Waals surface area contributed by atoms with Gasteiger partial charge in [0.2, 0.25) is 6.79 Å². The number of pyridine rings is 1. The number of thioether (sulfide) groups is 1. The van der Waals surface area contributed by atoms with Crippen molar-refractivity contribution in [3.05, 3.63) is 55.7 Å². The molecule has 2 aromatic rings. The van der Waals surface area contributed by atoms with Crippen LogP contribution < -0.4 is 19.9 Å². The Morgan fingerprint density at radius 1 is 1.19 bits per heavy atom. The first-order valence-electron chi connectivity index (χ1n) is 11.9. The van der Waals surface area contributed by atoms with E-state index in [-0.39, 0.29) is 36.0 Å². The van der Waals surface area contributed by atoms with Crippen LogP contribution in [-0.2, 0) is 23.1 Å². The summed E-state index contributed by atoms with van der Waals surface area (Å²) < 4.78 is 18.7. The Balaban J connectivity index is 1.53. The molecule has 1 aromatic heterocycles. The zero-order valence-electron chi connectivity index (χ0n) is 20.9. The highest BCUT2D eigenvalue weighted by Crippen LogP contribution is 2.38. The number of morpholine rings is 1. The van der Waals surface area contributed by atoms with Gasteiger partial charge in [-0.3, -0.25) is 19.1 Å². The molecule has 2 unspecified atom stereocenters. The largest absolute Gasteiger partial charge is 0.454 e. The van der Waals surface area contributed by atoms with Gasteiger partial charge in [0.15, 0.2) is 11.5 Å². The van der Waals surface area contributed by atoms with Crippen molar-refractivity contribution in [3.8, 4) is 17.6 Å². The Kier molecular flexibility index (Phi) is 6.74. The molecule has 5 rings (SSSR count). The van der Waals surface area contributed by atoms with Gasteiger partial charge in [-0.25, -0.2) is 0 Å². The molecule has 3 aliphatic rings. The van der Waals surface area contributed by atoms with Crippen LogP contribution in [0.2, 0.25) is 0 Å². The highest BCUT2D eigenvalue weighted by Gasteiger charge is 2.34. The van der Waals surface area contributed by atoms with Crippen molar-refractivity contribution in [2.24, 2.45) is 7.05 Å². The lowest BCUT2D eigenvalue weighted by Gasteiger charge is -2.38. The van der Waals surface area contributed by atoms with Gasteiger partial charge in [0.1, 0.15) is 21.8 Å². The lowest BCUT2D eigenvalue weighted by atomic mass is 10.0. The molecule has 1 amide bonds. The summed E-state index contributed by atoms with van der Waals surface area (Å²) in [4.78, 5) is 30.6. The van der Waals surface area contributed by atoms with Crippen molar-refractivity contribution in [2.45, 2.75) is 39.5 Å². The van der Waals surface area contributed by atoms with Crippen molar-refractivity contribution < 1.29 is 19.0 Å². The van der Waals surface area contributed by atoms with E-state index in [1.54, 1.807) is 24.9 Å². The van der Waals surface area contributed by atoms with Gasteiger partial charge in [-0.1, -0.05) is 30.0 Å². The number of amides is 1. The van der Waals surface area contributed by atoms with E-state index in [0.29, 0.717) is 57.3 Å². The van der Waals surface area contributed by atoms with Crippen LogP contribution in [0.25, 0.3) is 6.08 Å². The lowest BCUT2D eigenvalue weighted by Crippen LogP contribution is -2.47. The Hall–Kier alpha value is -3.33. The number of nitrogens with zero attached hydrogens (tertiary/aromatic N) is 4. The van der Waals surface area contributed by atoms with Crippen LogP contribution in [0.1, 0.15) is 36.1 Å². The Bertz CT molecular complexity index is 1430. The topological polar surface area (TPSA) is 97.0 Å². The third-order valence-electron chi connectivity index (χ3n) is 6.61. The second kappa shape index (κ2) is 9.85. The molecule has 2 atom stereocenters. The molecule has 2 fully saturated rings. The number of hydrogen-bond acceptors (Lipinski definition) is 9. The van der Waals surface area contributed by atoms with E-state index in [2.05, 4.69) is 4.90 Å². The summed E-state index contributed by atoms with van der Waals surface area (Å²) in [5.74, 6) is 1.74. The first kappa shape index (κ1) is 25.3. The molecule has 1 aromatic carbocycles. The van der Waals surface area contributed by atoms with Crippen LogP contribution in [0, 0.1) is 18.3 Å². The summed E-state index contributed by atoms with van der Waals surface area (Å²) in [6.45, 7) is 7.34. The van der Waals surface area contributed by atoms with Gasteiger partial charge in [0, 0.05) is 25.7 Å². The van der Waals surface area contributed by atoms with E-state index in [1.807, 2.05) is 38.1 Å². The fourth-order valence-corrected chi connectivity index (χ4v) is 6.17. The average molecular weight is 539 g/mol. The maximum Gasteiger partial charge on any atom is 0.270 e. The van der Waals surface area contributed by atoms with Crippen molar-refractivity contribution in [2.75, 3.05) is 24.8 Å². The number of ether oxygens (including phenoxy) is 3. The normalized spacial score (nSPS) is 22.2. The van der Waals surface area contributed by atoms with Gasteiger partial charge in [-0.05, 0) is 50.1 Å². The first-order chi connectivity index (χ1) is 17.7. The summed E-state index contributed by atoms with van der Waals surface area (Å²) >= 11 is 6.77. The van der Waals surface area contributed by atoms with E-state index in [4.69, 9.17) is 26.4 Å². The summed E-state index contributed by atoms with van der Waals surface area (Å²) in [5.41, 5.74) is 1.75. The van der Waals surface area contributed by atoms with Crippen molar-refractivity contribution in [3.63, 3.8) is 0 Å². The molecule has 11 heteroatoms. The van der Waals surface area contributed by atoms with E-state index < -0.39 is 0 Å². The molecule has 0 radical (unpaired) electrons. The fraction of sp³-hybridized carbons (Fsp3) is 0.385. The van der Waals surface area contributed by atoms with Crippen LogP contribution in [0.4, 0.5) is 5.82 Å². The van der Waals surface area contributed by atoms with Gasteiger partial charge in [0.05, 0.1) is 23.7 Å². The summed E-state index contributed by atoms with van der Waals surface area (Å²) in [7, 11) is 1.66. The molecule has 37 heavy (non-hydrogen) atoms. The summed E-state index contributed by atoms with van der Waals surface area (Å²) in [6.07, 6.45) is 1.68. The second-order valence-corrected chi connectivity index (χ2v) is 11.0. The smallest absolute Gasteiger partial charge is 0.270 e. The maximum absolute atomic E-state index is 13.5. The quantitative estimate of drug-likeness (QED) is 0.429. The minimum atomic E-state index is -0.366. The van der Waals surface area contributed by atoms with Gasteiger partial charge in [-0.2, -0.15) is 5.26 Å². The number of aromatic nitrogens is 1. The van der Waals surface area contributed by atoms with Crippen LogP contribution in [-0.4, -0.2) is 51.8 Å². The third-order valence-corrected chi connectivity index (χ3v) is 7.99. The number of benzene rings is 1. The predicted octanol–water partition coefficient (Wildman–Crippen LogP) is 3.31. The van der Waals surface area contributed by atoms with E-state index in [1.165, 1.54) is 16.3 Å². The highest BCUT2D eigenvalue weighted by atomic mass is 32.2. The molecule has 2 saturated heterocycles. The number of hydrogen-bond donors (Lipinski definition) is 0. The molecular formula is C26H26N4O5S2. The number of carbonyl (C=O) groups excluding carboxylic acids is 1. The fourth-order valence-electron chi connectivity index (χ4n) is 4.93. The average Bonchev–Trinajstić information content (AvgIpc) is 3.42. The van der Waals surface area contributed by atoms with E-state index >= 15 is 0 Å². The molecule has 0 saturated carbocycles. The Morgan fingerprint density at radius 3 is 2.59 bits per heavy atom. The zero-order valence-corrected chi connectivity index (χ0v) is 22.6. The van der Waals surface area contributed by atoms with Gasteiger partial charge < -0.3 is 19.1 Å².